The van der Waals surface area contributed by atoms with Crippen molar-refractivity contribution >= 4 is 0 Å². The van der Waals surface area contributed by atoms with Gasteiger partial charge in [0.25, 0.3) is 0 Å². The molecule has 1 aliphatic heterocycles. The predicted octanol–water partition coefficient (Wildman–Crippen LogP) is 3.33. The average Bonchev–Trinajstić information content (AvgIpc) is 2.54. The lowest BCUT2D eigenvalue weighted by Crippen LogP contribution is -2.08. The van der Waals surface area contributed by atoms with Crippen molar-refractivity contribution in [1.29, 1.82) is 0 Å². The molecule has 0 aliphatic carbocycles. The molecule has 0 spiro atoms. The highest BCUT2D eigenvalue weighted by Crippen LogP contribution is 2.16. The van der Waals surface area contributed by atoms with Gasteiger partial charge < -0.3 is 14.2 Å². The summed E-state index contributed by atoms with van der Waals surface area (Å²) in [4.78, 5) is 12.4. The van der Waals surface area contributed by atoms with Crippen LogP contribution in [0.15, 0.2) is 12.7 Å². The van der Waals surface area contributed by atoms with Gasteiger partial charge in [0.15, 0.2) is 0 Å². The van der Waals surface area contributed by atoms with Gasteiger partial charge in [0, 0.05) is 0 Å². The molecule has 2 rings (SSSR count). The van der Waals surface area contributed by atoms with Crippen molar-refractivity contribution in [1.82, 2.24) is 15.0 Å². The van der Waals surface area contributed by atoms with Crippen LogP contribution in [0, 0.1) is 0 Å². The van der Waals surface area contributed by atoms with Gasteiger partial charge in [-0.3, -0.25) is 0 Å². The summed E-state index contributed by atoms with van der Waals surface area (Å²) in [6, 6.07) is 0.738. The minimum atomic E-state index is 0.212. The molecule has 2 heterocycles. The van der Waals surface area contributed by atoms with E-state index < -0.39 is 0 Å². The van der Waals surface area contributed by atoms with Gasteiger partial charge >= 0.3 is 18.0 Å². The third kappa shape index (κ3) is 6.28. The van der Waals surface area contributed by atoms with Gasteiger partial charge in [-0.15, -0.1) is 15.0 Å². The van der Waals surface area contributed by atoms with E-state index in [1.807, 2.05) is 0 Å². The molecule has 0 unspecified atom stereocenters. The van der Waals surface area contributed by atoms with E-state index in [-0.39, 0.29) is 18.0 Å². The lowest BCUT2D eigenvalue weighted by atomic mass is 10.1. The maximum atomic E-state index is 5.60. The molecule has 1 aromatic rings. The number of ether oxygens (including phenoxy) is 3. The molecule has 0 radical (unpaired) electrons. The average molecular weight is 307 g/mol. The largest absolute Gasteiger partial charge is 0.463 e. The van der Waals surface area contributed by atoms with E-state index in [2.05, 4.69) is 21.5 Å². The van der Waals surface area contributed by atoms with Crippen molar-refractivity contribution in [2.24, 2.45) is 0 Å². The molecule has 0 N–H and O–H groups in total. The van der Waals surface area contributed by atoms with Crippen LogP contribution in [-0.4, -0.2) is 34.8 Å². The Balaban J connectivity index is 2.00. The predicted molar refractivity (Wildman–Crippen MR) is 83.4 cm³/mol. The maximum Gasteiger partial charge on any atom is 0.326 e. The first-order valence-electron chi connectivity index (χ1n) is 8.14. The molecule has 0 saturated carbocycles. The van der Waals surface area contributed by atoms with Crippen LogP contribution in [0.25, 0.3) is 0 Å². The van der Waals surface area contributed by atoms with Crippen LogP contribution < -0.4 is 14.2 Å². The zero-order valence-electron chi connectivity index (χ0n) is 13.1. The van der Waals surface area contributed by atoms with Crippen molar-refractivity contribution in [3.8, 4) is 18.0 Å². The van der Waals surface area contributed by atoms with Gasteiger partial charge in [-0.25, -0.2) is 0 Å². The van der Waals surface area contributed by atoms with Crippen LogP contribution in [0.1, 0.15) is 51.4 Å². The molecule has 122 valence electrons. The number of fused-ring (bicyclic) bond motifs is 2. The summed E-state index contributed by atoms with van der Waals surface area (Å²) >= 11 is 0. The molecule has 0 saturated heterocycles. The van der Waals surface area contributed by atoms with Crippen molar-refractivity contribution in [3.63, 3.8) is 0 Å². The van der Waals surface area contributed by atoms with Crippen LogP contribution >= 0.6 is 0 Å². The summed E-state index contributed by atoms with van der Waals surface area (Å²) in [5.74, 6) is 0. The number of nitrogens with zero attached hydrogens (tertiary/aromatic N) is 3. The zero-order valence-corrected chi connectivity index (χ0v) is 13.1. The SMILES string of the molecule is C=CCOc1nc2nc(n1)OCCCCCCCCCCO2. The van der Waals surface area contributed by atoms with Crippen molar-refractivity contribution in [2.75, 3.05) is 19.8 Å². The summed E-state index contributed by atoms with van der Waals surface area (Å²) in [6.45, 7) is 5.15. The van der Waals surface area contributed by atoms with Gasteiger partial charge in [-0.05, 0) is 12.8 Å². The first-order chi connectivity index (χ1) is 10.9. The summed E-state index contributed by atoms with van der Waals surface area (Å²) in [5, 5.41) is 0. The van der Waals surface area contributed by atoms with Crippen molar-refractivity contribution in [3.05, 3.63) is 12.7 Å². The van der Waals surface area contributed by atoms with Gasteiger partial charge in [0.2, 0.25) is 0 Å². The molecule has 1 aliphatic rings. The van der Waals surface area contributed by atoms with E-state index in [1.165, 1.54) is 38.5 Å². The Labute approximate surface area is 131 Å². The molecule has 1 aromatic heterocycles. The number of aromatic nitrogens is 3. The topological polar surface area (TPSA) is 66.4 Å². The van der Waals surface area contributed by atoms with Crippen molar-refractivity contribution < 1.29 is 14.2 Å². The van der Waals surface area contributed by atoms with Crippen molar-refractivity contribution in [2.45, 2.75) is 51.4 Å². The van der Waals surface area contributed by atoms with Gasteiger partial charge in [0.1, 0.15) is 6.61 Å². The summed E-state index contributed by atoms with van der Waals surface area (Å²) in [7, 11) is 0. The van der Waals surface area contributed by atoms with Crippen LogP contribution in [0.3, 0.4) is 0 Å². The standard InChI is InChI=1S/C16H25N3O3/c1-2-11-20-14-17-15-19-16(18-14)22-13-10-8-6-4-3-5-7-9-12-21-15/h2H,1,3-13H2. The molecule has 0 atom stereocenters. The lowest BCUT2D eigenvalue weighted by Gasteiger charge is -2.09. The highest BCUT2D eigenvalue weighted by Gasteiger charge is 2.10. The minimum absolute atomic E-state index is 0.212. The molecular formula is C16H25N3O3. The highest BCUT2D eigenvalue weighted by molar-refractivity contribution is 5.09. The maximum absolute atomic E-state index is 5.60. The molecule has 22 heavy (non-hydrogen) atoms. The van der Waals surface area contributed by atoms with E-state index in [0.717, 1.165) is 12.8 Å². The highest BCUT2D eigenvalue weighted by atomic mass is 16.5. The molecule has 0 aromatic carbocycles. The third-order valence-corrected chi connectivity index (χ3v) is 3.41. The van der Waals surface area contributed by atoms with Gasteiger partial charge in [-0.1, -0.05) is 51.2 Å². The number of hydrogen-bond donors (Lipinski definition) is 0. The normalized spacial score (nSPS) is 17.3. The fraction of sp³-hybridized carbons (Fsp3) is 0.688. The van der Waals surface area contributed by atoms with E-state index in [0.29, 0.717) is 19.8 Å². The van der Waals surface area contributed by atoms with Crippen LogP contribution in [0.2, 0.25) is 0 Å². The fourth-order valence-corrected chi connectivity index (χ4v) is 2.24. The van der Waals surface area contributed by atoms with Gasteiger partial charge in [0.05, 0.1) is 13.2 Å². The van der Waals surface area contributed by atoms with Crippen LogP contribution in [0.4, 0.5) is 0 Å². The molecule has 0 fully saturated rings. The molecule has 0 amide bonds. The van der Waals surface area contributed by atoms with E-state index >= 15 is 0 Å². The van der Waals surface area contributed by atoms with E-state index in [9.17, 15) is 0 Å². The molecule has 6 heteroatoms. The second-order valence-electron chi connectivity index (χ2n) is 5.31. The number of hydrogen-bond acceptors (Lipinski definition) is 6. The second kappa shape index (κ2) is 9.97. The van der Waals surface area contributed by atoms with Gasteiger partial charge in [-0.2, -0.15) is 0 Å². The first kappa shape index (κ1) is 16.5. The van der Waals surface area contributed by atoms with Crippen LogP contribution in [0.5, 0.6) is 18.0 Å². The Hall–Kier alpha value is -1.85. The molecule has 6 nitrogen and oxygen atoms in total. The van der Waals surface area contributed by atoms with E-state index in [4.69, 9.17) is 14.2 Å². The first-order valence-corrected chi connectivity index (χ1v) is 8.14. The Morgan fingerprint density at radius 1 is 0.818 bits per heavy atom. The second-order valence-corrected chi connectivity index (χ2v) is 5.31. The molecule has 2 bridgehead atoms. The summed E-state index contributed by atoms with van der Waals surface area (Å²) < 4.78 is 16.6. The summed E-state index contributed by atoms with van der Waals surface area (Å²) in [5.41, 5.74) is 0. The smallest absolute Gasteiger partial charge is 0.326 e. The van der Waals surface area contributed by atoms with E-state index in [1.54, 1.807) is 6.08 Å². The third-order valence-electron chi connectivity index (χ3n) is 3.41. The number of rotatable bonds is 3. The zero-order chi connectivity index (χ0) is 15.5. The Morgan fingerprint density at radius 3 is 1.82 bits per heavy atom. The quantitative estimate of drug-likeness (QED) is 0.798. The Kier molecular flexibility index (Phi) is 7.49. The molecular weight excluding hydrogens is 282 g/mol. The lowest BCUT2D eigenvalue weighted by molar-refractivity contribution is 0.238. The van der Waals surface area contributed by atoms with Crippen LogP contribution in [-0.2, 0) is 0 Å². The minimum Gasteiger partial charge on any atom is -0.463 e. The summed E-state index contributed by atoms with van der Waals surface area (Å²) in [6.07, 6.45) is 11.1. The fourth-order valence-electron chi connectivity index (χ4n) is 2.24. The Morgan fingerprint density at radius 2 is 1.32 bits per heavy atom. The Bertz CT molecular complexity index is 422. The monoisotopic (exact) mass is 307 g/mol.